The Morgan fingerprint density at radius 2 is 1.94 bits per heavy atom. The van der Waals surface area contributed by atoms with E-state index in [4.69, 9.17) is 4.84 Å². The molecule has 0 bridgehead atoms. The molecule has 0 aliphatic heterocycles. The second-order valence-corrected chi connectivity index (χ2v) is 4.73. The third-order valence-corrected chi connectivity index (χ3v) is 3.46. The van der Waals surface area contributed by atoms with Crippen LogP contribution in [0.5, 0.6) is 0 Å². The lowest BCUT2D eigenvalue weighted by atomic mass is 10.0. The number of nitrogens with one attached hydrogen (secondary N) is 1. The molecule has 16 heavy (non-hydrogen) atoms. The summed E-state index contributed by atoms with van der Waals surface area (Å²) in [5.74, 6) is 0.802. The standard InChI is InChI=1S/C14H21NO/c1-12(14-9-5-6-10-14)15-16-11-13-7-3-2-4-8-13/h2-4,7-8,12,14-15H,5-6,9-11H2,1H3. The van der Waals surface area contributed by atoms with E-state index in [1.54, 1.807) is 0 Å². The Morgan fingerprint density at radius 3 is 2.62 bits per heavy atom. The Labute approximate surface area is 98.0 Å². The fraction of sp³-hybridized carbons (Fsp3) is 0.571. The summed E-state index contributed by atoms with van der Waals surface area (Å²) in [6.07, 6.45) is 5.47. The molecule has 0 amide bonds. The van der Waals surface area contributed by atoms with Gasteiger partial charge in [-0.15, -0.1) is 0 Å². The molecule has 0 saturated heterocycles. The summed E-state index contributed by atoms with van der Waals surface area (Å²) in [5, 5.41) is 0. The quantitative estimate of drug-likeness (QED) is 0.767. The first-order valence-electron chi connectivity index (χ1n) is 6.27. The van der Waals surface area contributed by atoms with E-state index in [0.717, 1.165) is 5.92 Å². The average molecular weight is 219 g/mol. The number of hydrogen-bond donors (Lipinski definition) is 1. The van der Waals surface area contributed by atoms with Gasteiger partial charge >= 0.3 is 0 Å². The minimum Gasteiger partial charge on any atom is -0.297 e. The predicted molar refractivity (Wildman–Crippen MR) is 65.8 cm³/mol. The summed E-state index contributed by atoms with van der Waals surface area (Å²) in [5.41, 5.74) is 4.39. The molecule has 88 valence electrons. The molecule has 0 spiro atoms. The van der Waals surface area contributed by atoms with Crippen LogP contribution in [0, 0.1) is 5.92 Å². The Morgan fingerprint density at radius 1 is 1.25 bits per heavy atom. The monoisotopic (exact) mass is 219 g/mol. The molecule has 1 aliphatic carbocycles. The van der Waals surface area contributed by atoms with Crippen LogP contribution in [0.3, 0.4) is 0 Å². The van der Waals surface area contributed by atoms with Crippen molar-refractivity contribution in [3.8, 4) is 0 Å². The highest BCUT2D eigenvalue weighted by molar-refractivity contribution is 5.13. The largest absolute Gasteiger partial charge is 0.297 e. The van der Waals surface area contributed by atoms with E-state index in [0.29, 0.717) is 12.6 Å². The van der Waals surface area contributed by atoms with E-state index >= 15 is 0 Å². The van der Waals surface area contributed by atoms with Crippen molar-refractivity contribution < 1.29 is 4.84 Å². The molecule has 1 saturated carbocycles. The lowest BCUT2D eigenvalue weighted by molar-refractivity contribution is -0.00523. The molecule has 1 N–H and O–H groups in total. The van der Waals surface area contributed by atoms with E-state index in [1.165, 1.54) is 31.2 Å². The van der Waals surface area contributed by atoms with Crippen LogP contribution in [0.25, 0.3) is 0 Å². The minimum absolute atomic E-state index is 0.478. The highest BCUT2D eigenvalue weighted by atomic mass is 16.6. The van der Waals surface area contributed by atoms with E-state index in [-0.39, 0.29) is 0 Å². The summed E-state index contributed by atoms with van der Waals surface area (Å²) in [4.78, 5) is 5.54. The van der Waals surface area contributed by atoms with Crippen molar-refractivity contribution in [3.63, 3.8) is 0 Å². The second-order valence-electron chi connectivity index (χ2n) is 4.73. The third kappa shape index (κ3) is 3.32. The first-order valence-corrected chi connectivity index (χ1v) is 6.27. The summed E-state index contributed by atoms with van der Waals surface area (Å²) in [7, 11) is 0. The first kappa shape index (κ1) is 11.6. The number of hydroxylamine groups is 1. The molecule has 2 rings (SSSR count). The lowest BCUT2D eigenvalue weighted by Gasteiger charge is -2.19. The first-order chi connectivity index (χ1) is 7.86. The van der Waals surface area contributed by atoms with Gasteiger partial charge in [-0.1, -0.05) is 43.2 Å². The summed E-state index contributed by atoms with van der Waals surface area (Å²) in [6, 6.07) is 10.8. The van der Waals surface area contributed by atoms with Crippen LogP contribution in [0.4, 0.5) is 0 Å². The highest BCUT2D eigenvalue weighted by Crippen LogP contribution is 2.27. The van der Waals surface area contributed by atoms with Gasteiger partial charge in [-0.3, -0.25) is 4.84 Å². The molecular formula is C14H21NO. The molecule has 1 aliphatic rings. The van der Waals surface area contributed by atoms with Crippen LogP contribution in [0.1, 0.15) is 38.2 Å². The molecule has 2 heteroatoms. The molecule has 1 aromatic rings. The number of rotatable bonds is 5. The molecule has 1 aromatic carbocycles. The van der Waals surface area contributed by atoms with Gasteiger partial charge in [0.15, 0.2) is 0 Å². The van der Waals surface area contributed by atoms with Crippen LogP contribution in [-0.4, -0.2) is 6.04 Å². The second kappa shape index (κ2) is 6.02. The van der Waals surface area contributed by atoms with Crippen molar-refractivity contribution in [2.24, 2.45) is 5.92 Å². The van der Waals surface area contributed by atoms with Gasteiger partial charge in [0.2, 0.25) is 0 Å². The fourth-order valence-corrected chi connectivity index (χ4v) is 2.38. The Kier molecular flexibility index (Phi) is 4.37. The van der Waals surface area contributed by atoms with Crippen molar-refractivity contribution in [2.75, 3.05) is 0 Å². The van der Waals surface area contributed by atoms with Gasteiger partial charge < -0.3 is 0 Å². The van der Waals surface area contributed by atoms with Crippen molar-refractivity contribution in [1.82, 2.24) is 5.48 Å². The molecule has 1 unspecified atom stereocenters. The van der Waals surface area contributed by atoms with Gasteiger partial charge in [0.25, 0.3) is 0 Å². The van der Waals surface area contributed by atoms with Crippen LogP contribution in [0.15, 0.2) is 30.3 Å². The maximum absolute atomic E-state index is 5.54. The number of hydrogen-bond acceptors (Lipinski definition) is 2. The van der Waals surface area contributed by atoms with Crippen molar-refractivity contribution in [2.45, 2.75) is 45.3 Å². The molecule has 0 radical (unpaired) electrons. The minimum atomic E-state index is 0.478. The zero-order valence-electron chi connectivity index (χ0n) is 9.99. The predicted octanol–water partition coefficient (Wildman–Crippen LogP) is 3.29. The van der Waals surface area contributed by atoms with Crippen molar-refractivity contribution >= 4 is 0 Å². The molecule has 0 aromatic heterocycles. The van der Waals surface area contributed by atoms with Gasteiger partial charge in [0, 0.05) is 6.04 Å². The van der Waals surface area contributed by atoms with Crippen LogP contribution >= 0.6 is 0 Å². The van der Waals surface area contributed by atoms with Gasteiger partial charge in [0.05, 0.1) is 6.61 Å². The van der Waals surface area contributed by atoms with Gasteiger partial charge in [-0.05, 0) is 31.2 Å². The molecule has 0 heterocycles. The molecule has 2 nitrogen and oxygen atoms in total. The molecule has 1 fully saturated rings. The number of benzene rings is 1. The fourth-order valence-electron chi connectivity index (χ4n) is 2.38. The van der Waals surface area contributed by atoms with Crippen LogP contribution in [0.2, 0.25) is 0 Å². The summed E-state index contributed by atoms with van der Waals surface area (Å²) < 4.78 is 0. The van der Waals surface area contributed by atoms with Gasteiger partial charge in [0.1, 0.15) is 0 Å². The van der Waals surface area contributed by atoms with Crippen LogP contribution in [-0.2, 0) is 11.4 Å². The third-order valence-electron chi connectivity index (χ3n) is 3.46. The molecular weight excluding hydrogens is 198 g/mol. The SMILES string of the molecule is CC(NOCc1ccccc1)C1CCCC1. The van der Waals surface area contributed by atoms with Crippen molar-refractivity contribution in [1.29, 1.82) is 0 Å². The zero-order chi connectivity index (χ0) is 11.2. The highest BCUT2D eigenvalue weighted by Gasteiger charge is 2.21. The maximum atomic E-state index is 5.54. The molecule has 1 atom stereocenters. The Bertz CT molecular complexity index is 293. The van der Waals surface area contributed by atoms with E-state index < -0.39 is 0 Å². The van der Waals surface area contributed by atoms with Gasteiger partial charge in [-0.25, -0.2) is 0 Å². The smallest absolute Gasteiger partial charge is 0.0933 e. The maximum Gasteiger partial charge on any atom is 0.0933 e. The van der Waals surface area contributed by atoms with Crippen molar-refractivity contribution in [3.05, 3.63) is 35.9 Å². The van der Waals surface area contributed by atoms with E-state index in [2.05, 4.69) is 24.5 Å². The normalized spacial score (nSPS) is 18.8. The van der Waals surface area contributed by atoms with E-state index in [9.17, 15) is 0 Å². The van der Waals surface area contributed by atoms with Gasteiger partial charge in [-0.2, -0.15) is 5.48 Å². The summed E-state index contributed by atoms with van der Waals surface area (Å²) >= 11 is 0. The topological polar surface area (TPSA) is 21.3 Å². The average Bonchev–Trinajstić information content (AvgIpc) is 2.84. The Balaban J connectivity index is 1.67. The Hall–Kier alpha value is -0.860. The van der Waals surface area contributed by atoms with Crippen LogP contribution < -0.4 is 5.48 Å². The zero-order valence-corrected chi connectivity index (χ0v) is 9.99. The van der Waals surface area contributed by atoms with E-state index in [1.807, 2.05) is 18.2 Å². The summed E-state index contributed by atoms with van der Waals surface area (Å²) in [6.45, 7) is 2.87. The lowest BCUT2D eigenvalue weighted by Crippen LogP contribution is -2.32.